The summed E-state index contributed by atoms with van der Waals surface area (Å²) >= 11 is 0. The van der Waals surface area contributed by atoms with E-state index in [0.717, 1.165) is 35.3 Å². The van der Waals surface area contributed by atoms with Crippen LogP contribution in [0.3, 0.4) is 0 Å². The Bertz CT molecular complexity index is 1190. The number of rotatable bonds is 7. The molecule has 2 N–H and O–H groups in total. The maximum atomic E-state index is 9.98. The largest absolute Gasteiger partial charge is 0.493 e. The zero-order chi connectivity index (χ0) is 22.7. The van der Waals surface area contributed by atoms with Crippen molar-refractivity contribution in [3.63, 3.8) is 0 Å². The van der Waals surface area contributed by atoms with E-state index in [1.165, 1.54) is 0 Å². The highest BCUT2D eigenvalue weighted by molar-refractivity contribution is 5.59. The second-order valence-electron chi connectivity index (χ2n) is 7.43. The van der Waals surface area contributed by atoms with Crippen LogP contribution in [0.2, 0.25) is 0 Å². The molecular weight excluding hydrogens is 404 g/mol. The number of para-hydroxylation sites is 1. The molecule has 4 rings (SSSR count). The van der Waals surface area contributed by atoms with Crippen LogP contribution in [-0.4, -0.2) is 23.5 Å². The predicted octanol–water partition coefficient (Wildman–Crippen LogP) is 4.45. The third kappa shape index (κ3) is 3.65. The number of aromatic nitrogens is 2. The van der Waals surface area contributed by atoms with Crippen LogP contribution >= 0.6 is 0 Å². The normalized spacial score (nSPS) is 15.0. The topological polar surface area (TPSA) is 95.3 Å². The number of ether oxygens (including phenoxy) is 3. The maximum absolute atomic E-state index is 9.98. The first-order valence-corrected chi connectivity index (χ1v) is 10.7. The average molecular weight is 431 g/mol. The summed E-state index contributed by atoms with van der Waals surface area (Å²) in [5, 5.41) is 14.8. The molecular formula is C25H26N4O3. The van der Waals surface area contributed by atoms with Gasteiger partial charge in [0.2, 0.25) is 11.8 Å². The molecule has 1 aliphatic rings. The number of methoxy groups -OCH3 is 1. The minimum atomic E-state index is -0.424. The number of benzene rings is 2. The van der Waals surface area contributed by atoms with Gasteiger partial charge in [0.15, 0.2) is 11.5 Å². The van der Waals surface area contributed by atoms with Gasteiger partial charge in [0, 0.05) is 0 Å². The van der Waals surface area contributed by atoms with Crippen molar-refractivity contribution < 1.29 is 14.2 Å². The van der Waals surface area contributed by atoms with Crippen molar-refractivity contribution in [2.75, 3.05) is 13.7 Å². The first-order chi connectivity index (χ1) is 15.6. The number of hydrogen-bond donors (Lipinski definition) is 1. The number of aryl methyl sites for hydroxylation is 1. The van der Waals surface area contributed by atoms with E-state index in [1.54, 1.807) is 11.8 Å². The Morgan fingerprint density at radius 2 is 1.94 bits per heavy atom. The van der Waals surface area contributed by atoms with E-state index in [-0.39, 0.29) is 5.88 Å². The number of allylic oxidation sites excluding steroid dienone is 1. The molecule has 164 valence electrons. The summed E-state index contributed by atoms with van der Waals surface area (Å²) in [6, 6.07) is 17.7. The van der Waals surface area contributed by atoms with Crippen LogP contribution in [0.25, 0.3) is 5.69 Å². The lowest BCUT2D eigenvalue weighted by atomic mass is 9.83. The lowest BCUT2D eigenvalue weighted by molar-refractivity contribution is 0.310. The van der Waals surface area contributed by atoms with E-state index in [9.17, 15) is 5.26 Å². The van der Waals surface area contributed by atoms with Crippen LogP contribution in [0.5, 0.6) is 17.4 Å². The van der Waals surface area contributed by atoms with Gasteiger partial charge in [-0.3, -0.25) is 0 Å². The van der Waals surface area contributed by atoms with Crippen LogP contribution < -0.4 is 19.9 Å². The maximum Gasteiger partial charge on any atom is 0.229 e. The summed E-state index contributed by atoms with van der Waals surface area (Å²) in [5.74, 6) is 1.44. The van der Waals surface area contributed by atoms with E-state index in [2.05, 4.69) is 13.0 Å². The van der Waals surface area contributed by atoms with Gasteiger partial charge in [0.25, 0.3) is 0 Å². The molecule has 0 saturated carbocycles. The van der Waals surface area contributed by atoms with Gasteiger partial charge in [-0.15, -0.1) is 0 Å². The number of fused-ring (bicyclic) bond motifs is 1. The molecule has 0 radical (unpaired) electrons. The minimum Gasteiger partial charge on any atom is -0.493 e. The zero-order valence-corrected chi connectivity index (χ0v) is 18.5. The molecule has 1 aromatic heterocycles. The summed E-state index contributed by atoms with van der Waals surface area (Å²) in [6.07, 6.45) is 1.65. The second-order valence-corrected chi connectivity index (χ2v) is 7.43. The number of nitrogens with zero attached hydrogens (tertiary/aromatic N) is 3. The fourth-order valence-corrected chi connectivity index (χ4v) is 4.05. The van der Waals surface area contributed by atoms with E-state index in [0.29, 0.717) is 29.6 Å². The molecule has 1 aliphatic heterocycles. The van der Waals surface area contributed by atoms with Gasteiger partial charge >= 0.3 is 0 Å². The summed E-state index contributed by atoms with van der Waals surface area (Å²) in [7, 11) is 1.60. The molecule has 0 amide bonds. The molecule has 0 saturated heterocycles. The van der Waals surface area contributed by atoms with E-state index < -0.39 is 5.92 Å². The Morgan fingerprint density at radius 1 is 1.16 bits per heavy atom. The number of nitrogens with two attached hydrogens (primary N) is 1. The smallest absolute Gasteiger partial charge is 0.229 e. The molecule has 0 spiro atoms. The number of hydrogen-bond acceptors (Lipinski definition) is 6. The highest BCUT2D eigenvalue weighted by Crippen LogP contribution is 2.46. The van der Waals surface area contributed by atoms with Gasteiger partial charge in [-0.1, -0.05) is 37.6 Å². The molecule has 7 nitrogen and oxygen atoms in total. The molecule has 1 atom stereocenters. The first kappa shape index (κ1) is 21.3. The van der Waals surface area contributed by atoms with Crippen molar-refractivity contribution in [3.05, 3.63) is 76.8 Å². The van der Waals surface area contributed by atoms with Crippen LogP contribution in [0.15, 0.2) is 60.0 Å². The predicted molar refractivity (Wildman–Crippen MR) is 121 cm³/mol. The molecule has 7 heteroatoms. The molecule has 2 aromatic carbocycles. The Hall–Kier alpha value is -3.92. The number of nitriles is 1. The Kier molecular flexibility index (Phi) is 6.04. The van der Waals surface area contributed by atoms with Crippen LogP contribution in [0.1, 0.15) is 43.0 Å². The Balaban J connectivity index is 1.95. The fraction of sp³-hybridized carbons (Fsp3) is 0.280. The van der Waals surface area contributed by atoms with Crippen LogP contribution in [0, 0.1) is 11.3 Å². The SMILES string of the molecule is CCCc1nn(-c2ccccc2)c2c1[C@H](c1ccc(OCC)c(OC)c1)C(C#N)=C(N)O2. The van der Waals surface area contributed by atoms with E-state index in [4.69, 9.17) is 25.0 Å². The van der Waals surface area contributed by atoms with Crippen molar-refractivity contribution in [2.24, 2.45) is 5.73 Å². The van der Waals surface area contributed by atoms with Crippen LogP contribution in [0.4, 0.5) is 0 Å². The van der Waals surface area contributed by atoms with Gasteiger partial charge in [-0.05, 0) is 43.2 Å². The van der Waals surface area contributed by atoms with Gasteiger partial charge in [0.05, 0.1) is 36.6 Å². The van der Waals surface area contributed by atoms with Gasteiger partial charge < -0.3 is 19.9 Å². The Labute approximate surface area is 187 Å². The molecule has 2 heterocycles. The minimum absolute atomic E-state index is 0.0815. The quantitative estimate of drug-likeness (QED) is 0.595. The molecule has 32 heavy (non-hydrogen) atoms. The van der Waals surface area contributed by atoms with Gasteiger partial charge in [0.1, 0.15) is 11.6 Å². The highest BCUT2D eigenvalue weighted by atomic mass is 16.5. The fourth-order valence-electron chi connectivity index (χ4n) is 4.05. The van der Waals surface area contributed by atoms with E-state index >= 15 is 0 Å². The molecule has 3 aromatic rings. The summed E-state index contributed by atoms with van der Waals surface area (Å²) in [5.41, 5.74) is 10.1. The molecule has 0 aliphatic carbocycles. The highest BCUT2D eigenvalue weighted by Gasteiger charge is 2.37. The third-order valence-electron chi connectivity index (χ3n) is 5.43. The van der Waals surface area contributed by atoms with Crippen molar-refractivity contribution in [1.29, 1.82) is 5.26 Å². The lowest BCUT2D eigenvalue weighted by Gasteiger charge is -2.25. The second kappa shape index (κ2) is 9.06. The van der Waals surface area contributed by atoms with Gasteiger partial charge in [-0.2, -0.15) is 10.4 Å². The third-order valence-corrected chi connectivity index (χ3v) is 5.43. The van der Waals surface area contributed by atoms with Crippen molar-refractivity contribution in [2.45, 2.75) is 32.6 Å². The van der Waals surface area contributed by atoms with Crippen molar-refractivity contribution in [3.8, 4) is 29.1 Å². The average Bonchev–Trinajstić information content (AvgIpc) is 3.17. The first-order valence-electron chi connectivity index (χ1n) is 10.7. The monoisotopic (exact) mass is 430 g/mol. The van der Waals surface area contributed by atoms with Gasteiger partial charge in [-0.25, -0.2) is 4.68 Å². The standard InChI is InChI=1S/C25H26N4O3/c1-4-9-19-23-22(16-12-13-20(31-5-2)21(14-16)30-3)18(15-26)24(27)32-25(23)29(28-19)17-10-7-6-8-11-17/h6-8,10-14,22H,4-5,9,27H2,1-3H3/t22-/m1/s1. The van der Waals surface area contributed by atoms with Crippen LogP contribution in [-0.2, 0) is 6.42 Å². The summed E-state index contributed by atoms with van der Waals surface area (Å²) < 4.78 is 19.0. The van der Waals surface area contributed by atoms with Crippen molar-refractivity contribution in [1.82, 2.24) is 9.78 Å². The van der Waals surface area contributed by atoms with E-state index in [1.807, 2.05) is 55.5 Å². The molecule has 0 bridgehead atoms. The summed E-state index contributed by atoms with van der Waals surface area (Å²) in [6.45, 7) is 4.55. The zero-order valence-electron chi connectivity index (χ0n) is 18.5. The van der Waals surface area contributed by atoms with Crippen molar-refractivity contribution >= 4 is 0 Å². The molecule has 0 unspecified atom stereocenters. The lowest BCUT2D eigenvalue weighted by Crippen LogP contribution is -2.22. The molecule has 0 fully saturated rings. The summed E-state index contributed by atoms with van der Waals surface area (Å²) in [4.78, 5) is 0. The Morgan fingerprint density at radius 3 is 2.59 bits per heavy atom.